The van der Waals surface area contributed by atoms with Crippen LogP contribution in [0.5, 0.6) is 34.8 Å². The number of phenols is 2. The van der Waals surface area contributed by atoms with Gasteiger partial charge in [0, 0.05) is 12.1 Å². The van der Waals surface area contributed by atoms with Crippen molar-refractivity contribution in [3.63, 3.8) is 0 Å². The Morgan fingerprint density at radius 3 is 1.69 bits per heavy atom. The van der Waals surface area contributed by atoms with E-state index in [9.17, 15) is 10.2 Å². The van der Waals surface area contributed by atoms with E-state index >= 15 is 0 Å². The molecule has 0 bridgehead atoms. The molecule has 0 saturated heterocycles. The second-order valence-electron chi connectivity index (χ2n) is 6.95. The number of aryl methyl sites for hydroxylation is 1. The molecule has 0 unspecified atom stereocenters. The number of ether oxygens (including phenoxy) is 3. The first kappa shape index (κ1) is 20.9. The van der Waals surface area contributed by atoms with Gasteiger partial charge in [0.05, 0.1) is 25.3 Å². The first-order valence-corrected chi connectivity index (χ1v) is 9.72. The molecular formula is C24H21N3O5. The van der Waals surface area contributed by atoms with E-state index in [-0.39, 0.29) is 29.2 Å². The molecule has 1 aromatic heterocycles. The average Bonchev–Trinajstić information content (AvgIpc) is 2.78. The number of hydrogen-bond donors (Lipinski definition) is 2. The van der Waals surface area contributed by atoms with Crippen molar-refractivity contribution in [1.82, 2.24) is 15.0 Å². The highest BCUT2D eigenvalue weighted by molar-refractivity contribution is 5.70. The van der Waals surface area contributed by atoms with Crippen molar-refractivity contribution >= 4 is 0 Å². The minimum Gasteiger partial charge on any atom is -0.507 e. The molecule has 0 atom stereocenters. The van der Waals surface area contributed by atoms with E-state index < -0.39 is 0 Å². The number of aromatic hydroxyl groups is 2. The minimum absolute atomic E-state index is 0.0148. The van der Waals surface area contributed by atoms with E-state index in [1.165, 1.54) is 26.4 Å². The number of hydrogen-bond acceptors (Lipinski definition) is 8. The fourth-order valence-corrected chi connectivity index (χ4v) is 3.08. The summed E-state index contributed by atoms with van der Waals surface area (Å²) in [6.07, 6.45) is 0. The molecule has 0 fully saturated rings. The Kier molecular flexibility index (Phi) is 5.76. The molecule has 8 nitrogen and oxygen atoms in total. The molecule has 0 saturated carbocycles. The summed E-state index contributed by atoms with van der Waals surface area (Å²) in [6, 6.07) is 17.0. The van der Waals surface area contributed by atoms with Gasteiger partial charge >= 0.3 is 6.01 Å². The summed E-state index contributed by atoms with van der Waals surface area (Å²) in [5.41, 5.74) is 1.73. The van der Waals surface area contributed by atoms with Gasteiger partial charge in [-0.15, -0.1) is 0 Å². The molecule has 0 aliphatic rings. The number of benzene rings is 3. The molecule has 2 N–H and O–H groups in total. The average molecular weight is 431 g/mol. The second kappa shape index (κ2) is 8.81. The Morgan fingerprint density at radius 1 is 0.656 bits per heavy atom. The van der Waals surface area contributed by atoms with E-state index in [0.717, 1.165) is 5.56 Å². The van der Waals surface area contributed by atoms with Crippen molar-refractivity contribution in [1.29, 1.82) is 0 Å². The molecule has 0 spiro atoms. The number of aromatic nitrogens is 3. The standard InChI is InChI=1S/C24H21N3O5/c1-14-5-4-6-17(11-14)32-24-26-22(18-9-7-15(30-2)12-20(18)28)25-23(27-24)19-10-8-16(31-3)13-21(19)29/h4-13,28-29H,1-3H3. The predicted molar refractivity (Wildman–Crippen MR) is 118 cm³/mol. The molecule has 0 aliphatic heterocycles. The third-order valence-electron chi connectivity index (χ3n) is 4.71. The lowest BCUT2D eigenvalue weighted by molar-refractivity contribution is 0.408. The van der Waals surface area contributed by atoms with Gasteiger partial charge in [-0.1, -0.05) is 12.1 Å². The minimum atomic E-state index is -0.0676. The van der Waals surface area contributed by atoms with Crippen molar-refractivity contribution in [3.8, 4) is 57.5 Å². The van der Waals surface area contributed by atoms with Gasteiger partial charge in [0.2, 0.25) is 0 Å². The van der Waals surface area contributed by atoms with Gasteiger partial charge in [-0.25, -0.2) is 4.98 Å². The number of phenolic OH excluding ortho intramolecular Hbond substituents is 2. The van der Waals surface area contributed by atoms with Gasteiger partial charge in [-0.3, -0.25) is 0 Å². The van der Waals surface area contributed by atoms with E-state index in [4.69, 9.17) is 14.2 Å². The normalized spacial score (nSPS) is 10.6. The summed E-state index contributed by atoms with van der Waals surface area (Å²) in [6.45, 7) is 1.95. The van der Waals surface area contributed by atoms with E-state index in [0.29, 0.717) is 28.4 Å². The molecule has 8 heteroatoms. The molecule has 4 rings (SSSR count). The van der Waals surface area contributed by atoms with Gasteiger partial charge < -0.3 is 24.4 Å². The Morgan fingerprint density at radius 2 is 1.22 bits per heavy atom. The summed E-state index contributed by atoms with van der Waals surface area (Å²) < 4.78 is 16.2. The molecule has 0 radical (unpaired) electrons. The Balaban J connectivity index is 1.85. The van der Waals surface area contributed by atoms with Crippen LogP contribution in [-0.4, -0.2) is 39.4 Å². The first-order chi connectivity index (χ1) is 15.5. The highest BCUT2D eigenvalue weighted by Crippen LogP contribution is 2.35. The third-order valence-corrected chi connectivity index (χ3v) is 4.71. The number of rotatable bonds is 6. The van der Waals surface area contributed by atoms with Crippen LogP contribution < -0.4 is 14.2 Å². The van der Waals surface area contributed by atoms with Crippen LogP contribution in [0.2, 0.25) is 0 Å². The zero-order valence-electron chi connectivity index (χ0n) is 17.7. The third kappa shape index (κ3) is 4.39. The molecule has 0 amide bonds. The maximum atomic E-state index is 10.5. The van der Waals surface area contributed by atoms with Gasteiger partial charge in [0.25, 0.3) is 0 Å². The van der Waals surface area contributed by atoms with Crippen molar-refractivity contribution in [2.45, 2.75) is 6.92 Å². The molecular weight excluding hydrogens is 410 g/mol. The van der Waals surface area contributed by atoms with Crippen LogP contribution in [0.1, 0.15) is 5.56 Å². The summed E-state index contributed by atoms with van der Waals surface area (Å²) in [4.78, 5) is 13.2. The van der Waals surface area contributed by atoms with Crippen LogP contribution in [0.25, 0.3) is 22.8 Å². The van der Waals surface area contributed by atoms with Crippen LogP contribution >= 0.6 is 0 Å². The van der Waals surface area contributed by atoms with Gasteiger partial charge in [-0.2, -0.15) is 9.97 Å². The molecule has 162 valence electrons. The Labute approximate surface area is 184 Å². The van der Waals surface area contributed by atoms with E-state index in [2.05, 4.69) is 15.0 Å². The zero-order chi connectivity index (χ0) is 22.7. The lowest BCUT2D eigenvalue weighted by Gasteiger charge is -2.11. The van der Waals surface area contributed by atoms with Crippen LogP contribution in [0.4, 0.5) is 0 Å². The molecule has 32 heavy (non-hydrogen) atoms. The number of nitrogens with zero attached hydrogens (tertiary/aromatic N) is 3. The highest BCUT2D eigenvalue weighted by Gasteiger charge is 2.17. The van der Waals surface area contributed by atoms with Gasteiger partial charge in [-0.05, 0) is 48.9 Å². The van der Waals surface area contributed by atoms with Crippen molar-refractivity contribution in [2.75, 3.05) is 14.2 Å². The van der Waals surface area contributed by atoms with Crippen molar-refractivity contribution < 1.29 is 24.4 Å². The van der Waals surface area contributed by atoms with Gasteiger partial charge in [0.15, 0.2) is 11.6 Å². The van der Waals surface area contributed by atoms with Crippen molar-refractivity contribution in [3.05, 3.63) is 66.2 Å². The van der Waals surface area contributed by atoms with Crippen LogP contribution in [0, 0.1) is 6.92 Å². The topological polar surface area (TPSA) is 107 Å². The SMILES string of the molecule is COc1ccc(-c2nc(Oc3cccc(C)c3)nc(-c3ccc(OC)cc3O)n2)c(O)c1. The van der Waals surface area contributed by atoms with Crippen molar-refractivity contribution in [2.24, 2.45) is 0 Å². The largest absolute Gasteiger partial charge is 0.507 e. The lowest BCUT2D eigenvalue weighted by Crippen LogP contribution is -2.01. The summed E-state index contributed by atoms with van der Waals surface area (Å²) in [5, 5.41) is 21.0. The van der Waals surface area contributed by atoms with Crippen LogP contribution in [0.3, 0.4) is 0 Å². The first-order valence-electron chi connectivity index (χ1n) is 9.72. The second-order valence-corrected chi connectivity index (χ2v) is 6.95. The Hall–Kier alpha value is -4.33. The predicted octanol–water partition coefficient (Wildman–Crippen LogP) is 4.73. The maximum absolute atomic E-state index is 10.5. The van der Waals surface area contributed by atoms with E-state index in [1.807, 2.05) is 25.1 Å². The molecule has 1 heterocycles. The zero-order valence-corrected chi connectivity index (χ0v) is 17.7. The summed E-state index contributed by atoms with van der Waals surface area (Å²) in [5.74, 6) is 1.74. The lowest BCUT2D eigenvalue weighted by atomic mass is 10.1. The number of methoxy groups -OCH3 is 2. The quantitative estimate of drug-likeness (QED) is 0.451. The maximum Gasteiger partial charge on any atom is 0.326 e. The fraction of sp³-hybridized carbons (Fsp3) is 0.125. The fourth-order valence-electron chi connectivity index (χ4n) is 3.08. The Bertz CT molecular complexity index is 1200. The van der Waals surface area contributed by atoms with Gasteiger partial charge in [0.1, 0.15) is 28.7 Å². The molecule has 3 aromatic carbocycles. The summed E-state index contributed by atoms with van der Waals surface area (Å²) in [7, 11) is 3.02. The van der Waals surface area contributed by atoms with Crippen LogP contribution in [0.15, 0.2) is 60.7 Å². The summed E-state index contributed by atoms with van der Waals surface area (Å²) >= 11 is 0. The monoisotopic (exact) mass is 431 g/mol. The smallest absolute Gasteiger partial charge is 0.326 e. The molecule has 0 aliphatic carbocycles. The molecule has 4 aromatic rings. The van der Waals surface area contributed by atoms with Crippen LogP contribution in [-0.2, 0) is 0 Å². The highest BCUT2D eigenvalue weighted by atomic mass is 16.5. The van der Waals surface area contributed by atoms with E-state index in [1.54, 1.807) is 30.3 Å².